The molecule has 1 radical (unpaired) electrons. The molecule has 0 fully saturated rings. The Hall–Kier alpha value is -1.41. The minimum Gasteiger partial charge on any atom is -0.260 e. The standard InChI is InChI=1S/C10H6ClN2/c11-9-4-2-1-3-8(9)10-7-12-5-6-13-10/h1-5,7H. The molecule has 0 N–H and O–H groups in total. The maximum atomic E-state index is 5.98. The van der Waals surface area contributed by atoms with Gasteiger partial charge in [0.05, 0.1) is 23.1 Å². The third kappa shape index (κ3) is 1.68. The van der Waals surface area contributed by atoms with Crippen molar-refractivity contribution < 1.29 is 0 Å². The quantitative estimate of drug-likeness (QED) is 0.689. The Labute approximate surface area is 81.2 Å². The minimum absolute atomic E-state index is 0.677. The first kappa shape index (κ1) is 8.20. The van der Waals surface area contributed by atoms with Gasteiger partial charge in [-0.2, -0.15) is 0 Å². The number of halogens is 1. The lowest BCUT2D eigenvalue weighted by molar-refractivity contribution is 1.19. The van der Waals surface area contributed by atoms with E-state index in [4.69, 9.17) is 11.6 Å². The van der Waals surface area contributed by atoms with Crippen LogP contribution in [0.3, 0.4) is 0 Å². The summed E-state index contributed by atoms with van der Waals surface area (Å²) < 4.78 is 0. The number of nitrogens with zero attached hydrogens (tertiary/aromatic N) is 2. The van der Waals surface area contributed by atoms with Crippen molar-refractivity contribution in [1.29, 1.82) is 0 Å². The van der Waals surface area contributed by atoms with Crippen molar-refractivity contribution in [1.82, 2.24) is 9.97 Å². The number of hydrogen-bond donors (Lipinski definition) is 0. The Morgan fingerprint density at radius 2 is 2.08 bits per heavy atom. The van der Waals surface area contributed by atoms with Crippen LogP contribution in [0.2, 0.25) is 5.02 Å². The van der Waals surface area contributed by atoms with Crippen molar-refractivity contribution in [2.24, 2.45) is 0 Å². The molecule has 0 aliphatic carbocycles. The Morgan fingerprint density at radius 3 is 2.77 bits per heavy atom. The summed E-state index contributed by atoms with van der Waals surface area (Å²) in [5.74, 6) is 0. The zero-order valence-electron chi connectivity index (χ0n) is 6.74. The fourth-order valence-corrected chi connectivity index (χ4v) is 1.30. The summed E-state index contributed by atoms with van der Waals surface area (Å²) in [6.45, 7) is 0. The second kappa shape index (κ2) is 3.54. The predicted molar refractivity (Wildman–Crippen MR) is 51.3 cm³/mol. The van der Waals surface area contributed by atoms with Crippen molar-refractivity contribution in [2.75, 3.05) is 0 Å². The molecule has 63 valence electrons. The van der Waals surface area contributed by atoms with E-state index in [1.54, 1.807) is 6.20 Å². The fourth-order valence-electron chi connectivity index (χ4n) is 1.07. The van der Waals surface area contributed by atoms with Gasteiger partial charge in [-0.1, -0.05) is 29.8 Å². The normalized spacial score (nSPS) is 9.92. The molecule has 0 bridgehead atoms. The van der Waals surface area contributed by atoms with E-state index < -0.39 is 0 Å². The summed E-state index contributed by atoms with van der Waals surface area (Å²) in [4.78, 5) is 7.96. The van der Waals surface area contributed by atoms with Gasteiger partial charge in [0, 0.05) is 5.56 Å². The fraction of sp³-hybridized carbons (Fsp3) is 0. The van der Waals surface area contributed by atoms with E-state index in [0.29, 0.717) is 5.02 Å². The highest BCUT2D eigenvalue weighted by molar-refractivity contribution is 6.33. The van der Waals surface area contributed by atoms with E-state index in [9.17, 15) is 0 Å². The van der Waals surface area contributed by atoms with Gasteiger partial charge in [-0.15, -0.1) is 0 Å². The molecule has 0 saturated heterocycles. The maximum absolute atomic E-state index is 5.98. The molecule has 0 unspecified atom stereocenters. The van der Waals surface area contributed by atoms with Crippen LogP contribution in [-0.4, -0.2) is 9.97 Å². The van der Waals surface area contributed by atoms with Gasteiger partial charge in [0.25, 0.3) is 0 Å². The van der Waals surface area contributed by atoms with Crippen LogP contribution in [0.4, 0.5) is 0 Å². The van der Waals surface area contributed by atoms with Crippen LogP contribution < -0.4 is 0 Å². The van der Waals surface area contributed by atoms with Gasteiger partial charge in [-0.25, -0.2) is 4.98 Å². The van der Waals surface area contributed by atoms with Gasteiger partial charge in [0.2, 0.25) is 0 Å². The minimum atomic E-state index is 0.677. The molecule has 0 atom stereocenters. The van der Waals surface area contributed by atoms with E-state index in [1.165, 1.54) is 6.20 Å². The van der Waals surface area contributed by atoms with Gasteiger partial charge >= 0.3 is 0 Å². The van der Waals surface area contributed by atoms with E-state index >= 15 is 0 Å². The van der Waals surface area contributed by atoms with Crippen LogP contribution in [-0.2, 0) is 0 Å². The van der Waals surface area contributed by atoms with Gasteiger partial charge in [-0.05, 0) is 6.07 Å². The molecular formula is C10H6ClN2. The monoisotopic (exact) mass is 189 g/mol. The van der Waals surface area contributed by atoms with Gasteiger partial charge in [0.15, 0.2) is 0 Å². The van der Waals surface area contributed by atoms with Crippen LogP contribution in [0, 0.1) is 6.20 Å². The number of rotatable bonds is 1. The summed E-state index contributed by atoms with van der Waals surface area (Å²) in [5.41, 5.74) is 1.63. The first-order chi connectivity index (χ1) is 6.38. The van der Waals surface area contributed by atoms with Crippen LogP contribution in [0.25, 0.3) is 11.3 Å². The Balaban J connectivity index is 2.54. The summed E-state index contributed by atoms with van der Waals surface area (Å²) in [7, 11) is 0. The van der Waals surface area contributed by atoms with E-state index in [2.05, 4.69) is 16.2 Å². The van der Waals surface area contributed by atoms with Crippen LogP contribution in [0.15, 0.2) is 36.7 Å². The van der Waals surface area contributed by atoms with Crippen molar-refractivity contribution in [3.63, 3.8) is 0 Å². The highest BCUT2D eigenvalue weighted by atomic mass is 35.5. The lowest BCUT2D eigenvalue weighted by atomic mass is 10.2. The maximum Gasteiger partial charge on any atom is 0.109 e. The third-order valence-electron chi connectivity index (χ3n) is 1.66. The Kier molecular flexibility index (Phi) is 2.23. The van der Waals surface area contributed by atoms with Crippen molar-refractivity contribution in [2.45, 2.75) is 0 Å². The lowest BCUT2D eigenvalue weighted by Gasteiger charge is -2.00. The highest BCUT2D eigenvalue weighted by Crippen LogP contribution is 2.24. The predicted octanol–water partition coefficient (Wildman–Crippen LogP) is 2.60. The van der Waals surface area contributed by atoms with Crippen molar-refractivity contribution >= 4 is 11.6 Å². The van der Waals surface area contributed by atoms with Crippen molar-refractivity contribution in [3.05, 3.63) is 47.9 Å². The van der Waals surface area contributed by atoms with E-state index in [-0.39, 0.29) is 0 Å². The summed E-state index contributed by atoms with van der Waals surface area (Å²) >= 11 is 5.98. The van der Waals surface area contributed by atoms with Gasteiger partial charge in [0.1, 0.15) is 6.20 Å². The molecule has 2 rings (SSSR count). The largest absolute Gasteiger partial charge is 0.260 e. The van der Waals surface area contributed by atoms with Crippen LogP contribution in [0.1, 0.15) is 0 Å². The summed E-state index contributed by atoms with van der Waals surface area (Å²) in [5, 5.41) is 0.677. The molecule has 0 amide bonds. The van der Waals surface area contributed by atoms with E-state index in [0.717, 1.165) is 11.3 Å². The molecule has 0 aliphatic rings. The average Bonchev–Trinajstić information content (AvgIpc) is 2.20. The number of hydrogen-bond acceptors (Lipinski definition) is 2. The van der Waals surface area contributed by atoms with Gasteiger partial charge < -0.3 is 0 Å². The zero-order chi connectivity index (χ0) is 9.10. The van der Waals surface area contributed by atoms with Crippen molar-refractivity contribution in [3.8, 4) is 11.3 Å². The molecule has 2 nitrogen and oxygen atoms in total. The first-order valence-electron chi connectivity index (χ1n) is 3.81. The second-order valence-electron chi connectivity index (χ2n) is 2.51. The van der Waals surface area contributed by atoms with Gasteiger partial charge in [-0.3, -0.25) is 4.98 Å². The number of aromatic nitrogens is 2. The van der Waals surface area contributed by atoms with E-state index in [1.807, 2.05) is 24.3 Å². The first-order valence-corrected chi connectivity index (χ1v) is 4.19. The average molecular weight is 190 g/mol. The third-order valence-corrected chi connectivity index (χ3v) is 1.99. The number of benzene rings is 1. The van der Waals surface area contributed by atoms with Crippen LogP contribution in [0.5, 0.6) is 0 Å². The molecule has 1 heterocycles. The highest BCUT2D eigenvalue weighted by Gasteiger charge is 2.02. The molecular weight excluding hydrogens is 184 g/mol. The Morgan fingerprint density at radius 1 is 1.23 bits per heavy atom. The lowest BCUT2D eigenvalue weighted by Crippen LogP contribution is -1.84. The smallest absolute Gasteiger partial charge is 0.109 e. The molecule has 0 spiro atoms. The summed E-state index contributed by atoms with van der Waals surface area (Å²) in [6.07, 6.45) is 5.85. The molecule has 0 saturated carbocycles. The molecule has 13 heavy (non-hydrogen) atoms. The molecule has 1 aromatic heterocycles. The molecule has 3 heteroatoms. The SMILES string of the molecule is Clc1ccccc1-c1cnc[c]n1. The molecule has 1 aromatic carbocycles. The zero-order valence-corrected chi connectivity index (χ0v) is 7.49. The molecule has 2 aromatic rings. The topological polar surface area (TPSA) is 25.8 Å². The molecule has 0 aliphatic heterocycles. The second-order valence-corrected chi connectivity index (χ2v) is 2.92. The van der Waals surface area contributed by atoms with Crippen LogP contribution >= 0.6 is 11.6 Å². The summed E-state index contributed by atoms with van der Waals surface area (Å²) in [6, 6.07) is 7.52. The Bertz CT molecular complexity index is 401.